The molecule has 4 fully saturated rings. The van der Waals surface area contributed by atoms with Crippen LogP contribution in [0.4, 0.5) is 0 Å². The van der Waals surface area contributed by atoms with E-state index in [9.17, 15) is 0 Å². The Hall–Kier alpha value is 0.603. The van der Waals surface area contributed by atoms with Crippen LogP contribution in [-0.4, -0.2) is 7.11 Å². The maximum absolute atomic E-state index is 5.63. The number of hydrogen-bond donors (Lipinski definition) is 0. The first-order valence-corrected chi connectivity index (χ1v) is 7.42. The second-order valence-electron chi connectivity index (χ2n) is 6.90. The minimum Gasteiger partial charge on any atom is -1.00 e. The van der Waals surface area contributed by atoms with E-state index in [0.29, 0.717) is 5.41 Å². The Labute approximate surface area is 161 Å². The van der Waals surface area contributed by atoms with E-state index in [0.717, 1.165) is 23.5 Å². The molecule has 0 aliphatic heterocycles. The molecule has 0 spiro atoms. The molecular formula is C17H22Br2OZn. The topological polar surface area (TPSA) is 9.23 Å². The van der Waals surface area contributed by atoms with Gasteiger partial charge in [-0.2, -0.15) is 0 Å². The van der Waals surface area contributed by atoms with Gasteiger partial charge >= 0.3 is 19.5 Å². The molecule has 0 amide bonds. The smallest absolute Gasteiger partial charge is 1.00 e. The van der Waals surface area contributed by atoms with Gasteiger partial charge < -0.3 is 38.7 Å². The van der Waals surface area contributed by atoms with E-state index >= 15 is 0 Å². The van der Waals surface area contributed by atoms with Crippen molar-refractivity contribution >= 4 is 0 Å². The van der Waals surface area contributed by atoms with Crippen molar-refractivity contribution < 1.29 is 58.2 Å². The third-order valence-electron chi connectivity index (χ3n) is 5.72. The molecule has 0 radical (unpaired) electrons. The van der Waals surface area contributed by atoms with Crippen LogP contribution in [0.3, 0.4) is 0 Å². The summed E-state index contributed by atoms with van der Waals surface area (Å²) in [6.07, 6.45) is 8.77. The van der Waals surface area contributed by atoms with Crippen molar-refractivity contribution in [2.75, 3.05) is 7.11 Å². The van der Waals surface area contributed by atoms with Gasteiger partial charge in [0.1, 0.15) is 5.75 Å². The fraction of sp³-hybridized carbons (Fsp3) is 0.647. The van der Waals surface area contributed by atoms with Crippen LogP contribution < -0.4 is 38.7 Å². The maximum Gasteiger partial charge on any atom is 2.00 e. The van der Waals surface area contributed by atoms with Gasteiger partial charge in [-0.15, -0.1) is 0 Å². The maximum atomic E-state index is 5.63. The third-order valence-corrected chi connectivity index (χ3v) is 5.72. The zero-order valence-corrected chi connectivity index (χ0v) is 18.8. The SMILES string of the molecule is COc1ccccc1C12CC3CC(CC(C3)C1)C2.[Br-].[Br-].[Zn+2]. The van der Waals surface area contributed by atoms with Gasteiger partial charge in [-0.25, -0.2) is 0 Å². The van der Waals surface area contributed by atoms with Crippen LogP contribution in [0.2, 0.25) is 0 Å². The second-order valence-corrected chi connectivity index (χ2v) is 6.90. The Balaban J connectivity index is 0.000000735. The van der Waals surface area contributed by atoms with Crippen LogP contribution in [0.1, 0.15) is 44.1 Å². The number of methoxy groups -OCH3 is 1. The van der Waals surface area contributed by atoms with Crippen LogP contribution in [0.25, 0.3) is 0 Å². The van der Waals surface area contributed by atoms with Crippen molar-refractivity contribution in [1.82, 2.24) is 0 Å². The summed E-state index contributed by atoms with van der Waals surface area (Å²) in [5.41, 5.74) is 1.97. The van der Waals surface area contributed by atoms with Crippen LogP contribution in [0, 0.1) is 17.8 Å². The number of para-hydroxylation sites is 1. The molecule has 4 aliphatic carbocycles. The molecule has 0 N–H and O–H groups in total. The molecule has 5 rings (SSSR count). The summed E-state index contributed by atoms with van der Waals surface area (Å²) < 4.78 is 5.63. The molecule has 1 aromatic rings. The summed E-state index contributed by atoms with van der Waals surface area (Å²) in [6, 6.07) is 8.76. The molecular weight excluding hydrogens is 445 g/mol. The van der Waals surface area contributed by atoms with Crippen LogP contribution in [0.15, 0.2) is 24.3 Å². The molecule has 21 heavy (non-hydrogen) atoms. The van der Waals surface area contributed by atoms with Gasteiger partial charge in [-0.3, -0.25) is 0 Å². The molecule has 0 aromatic heterocycles. The van der Waals surface area contributed by atoms with Gasteiger partial charge in [0.15, 0.2) is 0 Å². The van der Waals surface area contributed by atoms with Gasteiger partial charge in [0, 0.05) is 5.56 Å². The zero-order valence-electron chi connectivity index (χ0n) is 12.7. The third kappa shape index (κ3) is 3.28. The first-order chi connectivity index (χ1) is 8.79. The molecule has 1 aromatic carbocycles. The number of rotatable bonds is 2. The first kappa shape index (κ1) is 19.6. The van der Waals surface area contributed by atoms with Crippen molar-refractivity contribution in [1.29, 1.82) is 0 Å². The molecule has 0 atom stereocenters. The molecule has 0 unspecified atom stereocenters. The van der Waals surface area contributed by atoms with E-state index in [-0.39, 0.29) is 53.4 Å². The molecule has 4 bridgehead atoms. The Morgan fingerprint density at radius 1 is 0.905 bits per heavy atom. The van der Waals surface area contributed by atoms with Crippen LogP contribution >= 0.6 is 0 Å². The number of benzene rings is 1. The standard InChI is InChI=1S/C17H22O.2BrH.Zn/c1-18-16-5-3-2-4-15(16)17-9-12-6-13(10-17)8-14(7-12)11-17;;;/h2-5,12-14H,6-11H2,1H3;2*1H;/q;;;+2/p-2. The summed E-state index contributed by atoms with van der Waals surface area (Å²) in [5, 5.41) is 0. The predicted molar refractivity (Wildman–Crippen MR) is 72.8 cm³/mol. The average molecular weight is 468 g/mol. The molecule has 112 valence electrons. The molecule has 4 heteroatoms. The Kier molecular flexibility index (Phi) is 6.97. The molecule has 0 heterocycles. The summed E-state index contributed by atoms with van der Waals surface area (Å²) in [7, 11) is 1.82. The molecule has 1 nitrogen and oxygen atoms in total. The van der Waals surface area contributed by atoms with Gasteiger partial charge in [0.25, 0.3) is 0 Å². The van der Waals surface area contributed by atoms with Crippen molar-refractivity contribution in [2.45, 2.75) is 43.9 Å². The minimum absolute atomic E-state index is 0. The van der Waals surface area contributed by atoms with Crippen molar-refractivity contribution in [3.8, 4) is 5.75 Å². The fourth-order valence-corrected chi connectivity index (χ4v) is 5.52. The van der Waals surface area contributed by atoms with Gasteiger partial charge in [-0.05, 0) is 67.8 Å². The van der Waals surface area contributed by atoms with E-state index < -0.39 is 0 Å². The van der Waals surface area contributed by atoms with Gasteiger partial charge in [-0.1, -0.05) is 18.2 Å². The van der Waals surface area contributed by atoms with E-state index in [2.05, 4.69) is 24.3 Å². The monoisotopic (exact) mass is 464 g/mol. The summed E-state index contributed by atoms with van der Waals surface area (Å²) >= 11 is 0. The Morgan fingerprint density at radius 3 is 1.86 bits per heavy atom. The minimum atomic E-state index is 0. The summed E-state index contributed by atoms with van der Waals surface area (Å²) in [6.45, 7) is 0. The number of halogens is 2. The Morgan fingerprint density at radius 2 is 1.38 bits per heavy atom. The first-order valence-electron chi connectivity index (χ1n) is 7.42. The fourth-order valence-electron chi connectivity index (χ4n) is 5.52. The van der Waals surface area contributed by atoms with Crippen LogP contribution in [0.5, 0.6) is 5.75 Å². The normalized spacial score (nSPS) is 35.2. The molecule has 0 saturated heterocycles. The Bertz CT molecular complexity index is 442. The predicted octanol–water partition coefficient (Wildman–Crippen LogP) is -1.83. The van der Waals surface area contributed by atoms with Crippen molar-refractivity contribution in [3.63, 3.8) is 0 Å². The van der Waals surface area contributed by atoms with E-state index in [1.807, 2.05) is 7.11 Å². The number of hydrogen-bond acceptors (Lipinski definition) is 1. The molecule has 4 saturated carbocycles. The largest absolute Gasteiger partial charge is 2.00 e. The molecule has 4 aliphatic rings. The van der Waals surface area contributed by atoms with Crippen molar-refractivity contribution in [2.24, 2.45) is 17.8 Å². The van der Waals surface area contributed by atoms with E-state index in [1.165, 1.54) is 44.1 Å². The van der Waals surface area contributed by atoms with E-state index in [4.69, 9.17) is 4.74 Å². The van der Waals surface area contributed by atoms with Crippen LogP contribution in [-0.2, 0) is 24.9 Å². The van der Waals surface area contributed by atoms with Gasteiger partial charge in [0.05, 0.1) is 7.11 Å². The summed E-state index contributed by atoms with van der Waals surface area (Å²) in [4.78, 5) is 0. The van der Waals surface area contributed by atoms with E-state index in [1.54, 1.807) is 0 Å². The zero-order chi connectivity index (χ0) is 12.2. The van der Waals surface area contributed by atoms with Crippen molar-refractivity contribution in [3.05, 3.63) is 29.8 Å². The summed E-state index contributed by atoms with van der Waals surface area (Å²) in [5.74, 6) is 4.13. The second kappa shape index (κ2) is 7.45. The quantitative estimate of drug-likeness (QED) is 0.465. The number of ether oxygens (including phenoxy) is 1. The average Bonchev–Trinajstić information content (AvgIpc) is 2.37. The van der Waals surface area contributed by atoms with Gasteiger partial charge in [0.2, 0.25) is 0 Å².